The number of hydrogen-bond acceptors (Lipinski definition) is 8. The molecule has 0 aromatic heterocycles. The summed E-state index contributed by atoms with van der Waals surface area (Å²) in [5.74, 6) is -2.50. The fourth-order valence-electron chi connectivity index (χ4n) is 8.80. The Morgan fingerprint density at radius 1 is 0.923 bits per heavy atom. The van der Waals surface area contributed by atoms with Crippen LogP contribution >= 0.6 is 0 Å². The molecule has 5 amide bonds. The SMILES string of the molecule is CCCCC(NC(=O)[C@@H]1[C@@H]2[C@H](CN1C(=O)C(NC(=O)NC1(CS(=O)(=O)C3(C)CCOCC3)CCCCC1)C(C)(C)C)C2(C)C)C(=O)C(=O)NC1CC1. The maximum Gasteiger partial charge on any atom is 0.315 e. The van der Waals surface area contributed by atoms with Crippen molar-refractivity contribution >= 4 is 39.4 Å². The minimum Gasteiger partial charge on any atom is -0.381 e. The summed E-state index contributed by atoms with van der Waals surface area (Å²) in [6.45, 7) is 14.5. The molecule has 0 aromatic rings. The molecular weight excluding hydrogens is 687 g/mol. The summed E-state index contributed by atoms with van der Waals surface area (Å²) in [6.07, 6.45) is 7.75. The highest BCUT2D eigenvalue weighted by Crippen LogP contribution is 2.65. The summed E-state index contributed by atoms with van der Waals surface area (Å²) in [5.41, 5.74) is -1.94. The molecule has 2 saturated heterocycles. The molecule has 5 atom stereocenters. The number of amides is 5. The van der Waals surface area contributed by atoms with E-state index >= 15 is 0 Å². The third-order valence-electron chi connectivity index (χ3n) is 12.7. The second-order valence-corrected chi connectivity index (χ2v) is 20.8. The number of fused-ring (bicyclic) bond motifs is 1. The predicted octanol–water partition coefficient (Wildman–Crippen LogP) is 3.39. The van der Waals surface area contributed by atoms with Crippen LogP contribution in [0.2, 0.25) is 0 Å². The lowest BCUT2D eigenvalue weighted by molar-refractivity contribution is -0.145. The van der Waals surface area contributed by atoms with Gasteiger partial charge in [-0.25, -0.2) is 13.2 Å². The lowest BCUT2D eigenvalue weighted by Gasteiger charge is -2.42. The molecule has 2 heterocycles. The lowest BCUT2D eigenvalue weighted by Crippen LogP contribution is -2.64. The first kappa shape index (κ1) is 40.4. The molecule has 13 nitrogen and oxygen atoms in total. The Balaban J connectivity index is 1.33. The first-order valence-electron chi connectivity index (χ1n) is 19.6. The van der Waals surface area contributed by atoms with Gasteiger partial charge in [0, 0.05) is 25.8 Å². The minimum atomic E-state index is -3.62. The van der Waals surface area contributed by atoms with E-state index in [1.807, 2.05) is 27.7 Å². The number of Topliss-reactive ketones (excluding diaryl/α,β-unsaturated/α-hetero) is 1. The van der Waals surface area contributed by atoms with Gasteiger partial charge >= 0.3 is 6.03 Å². The van der Waals surface area contributed by atoms with E-state index in [0.717, 1.165) is 38.5 Å². The summed E-state index contributed by atoms with van der Waals surface area (Å²) in [7, 11) is -3.62. The van der Waals surface area contributed by atoms with Crippen LogP contribution in [0.15, 0.2) is 0 Å². The Hall–Kier alpha value is -2.74. The Labute approximate surface area is 310 Å². The molecule has 5 rings (SSSR count). The zero-order valence-electron chi connectivity index (χ0n) is 32.4. The van der Waals surface area contributed by atoms with Crippen molar-refractivity contribution in [2.45, 2.75) is 160 Å². The highest BCUT2D eigenvalue weighted by atomic mass is 32.2. The number of nitrogens with one attached hydrogen (secondary N) is 4. The van der Waals surface area contributed by atoms with Crippen LogP contribution in [0, 0.1) is 22.7 Å². The highest BCUT2D eigenvalue weighted by Gasteiger charge is 2.70. The van der Waals surface area contributed by atoms with Gasteiger partial charge in [0.2, 0.25) is 17.6 Å². The Morgan fingerprint density at radius 2 is 1.56 bits per heavy atom. The van der Waals surface area contributed by atoms with Gasteiger partial charge in [0.1, 0.15) is 12.1 Å². The maximum atomic E-state index is 14.6. The van der Waals surface area contributed by atoms with Gasteiger partial charge in [-0.05, 0) is 74.5 Å². The molecule has 52 heavy (non-hydrogen) atoms. The zero-order chi connectivity index (χ0) is 38.3. The number of ketones is 1. The van der Waals surface area contributed by atoms with Gasteiger partial charge in [0.25, 0.3) is 5.91 Å². The normalized spacial score (nSPS) is 27.4. The number of urea groups is 1. The van der Waals surface area contributed by atoms with Gasteiger partial charge in [-0.2, -0.15) is 0 Å². The van der Waals surface area contributed by atoms with Gasteiger partial charge in [-0.15, -0.1) is 0 Å². The van der Waals surface area contributed by atoms with Crippen LogP contribution in [0.25, 0.3) is 0 Å². The van der Waals surface area contributed by atoms with Crippen molar-refractivity contribution in [1.82, 2.24) is 26.2 Å². The second-order valence-electron chi connectivity index (χ2n) is 18.3. The summed E-state index contributed by atoms with van der Waals surface area (Å²) >= 11 is 0. The number of carbonyl (C=O) groups is 5. The predicted molar refractivity (Wildman–Crippen MR) is 197 cm³/mol. The highest BCUT2D eigenvalue weighted by molar-refractivity contribution is 7.92. The Bertz CT molecular complexity index is 1490. The summed E-state index contributed by atoms with van der Waals surface area (Å²) in [6, 6.07) is -3.52. The largest absolute Gasteiger partial charge is 0.381 e. The van der Waals surface area contributed by atoms with Crippen molar-refractivity contribution in [1.29, 1.82) is 0 Å². The number of carbonyl (C=O) groups excluding carboxylic acids is 5. The number of unbranched alkanes of at least 4 members (excludes halogenated alkanes) is 1. The molecule has 2 aliphatic heterocycles. The van der Waals surface area contributed by atoms with E-state index in [1.165, 1.54) is 0 Å². The van der Waals surface area contributed by atoms with Crippen molar-refractivity contribution < 1.29 is 37.1 Å². The molecule has 2 unspecified atom stereocenters. The summed E-state index contributed by atoms with van der Waals surface area (Å²) in [5, 5.41) is 11.6. The van der Waals surface area contributed by atoms with Gasteiger partial charge in [-0.3, -0.25) is 19.2 Å². The van der Waals surface area contributed by atoms with Gasteiger partial charge in [0.15, 0.2) is 9.84 Å². The summed E-state index contributed by atoms with van der Waals surface area (Å²) in [4.78, 5) is 70.2. The van der Waals surface area contributed by atoms with Crippen molar-refractivity contribution in [3.63, 3.8) is 0 Å². The molecule has 4 N–H and O–H groups in total. The van der Waals surface area contributed by atoms with E-state index in [-0.39, 0.29) is 29.0 Å². The maximum absolute atomic E-state index is 14.6. The number of piperidine rings is 1. The topological polar surface area (TPSA) is 180 Å². The van der Waals surface area contributed by atoms with Crippen LogP contribution in [0.1, 0.15) is 126 Å². The van der Waals surface area contributed by atoms with Crippen molar-refractivity contribution in [3.05, 3.63) is 0 Å². The van der Waals surface area contributed by atoms with Crippen molar-refractivity contribution in [3.8, 4) is 0 Å². The van der Waals surface area contributed by atoms with Crippen LogP contribution in [-0.4, -0.2) is 103 Å². The Kier molecular flexibility index (Phi) is 11.8. The number of likely N-dealkylation sites (tertiary alicyclic amines) is 1. The monoisotopic (exact) mass is 749 g/mol. The number of hydrogen-bond donors (Lipinski definition) is 4. The number of rotatable bonds is 14. The molecule has 5 fully saturated rings. The molecule has 0 bridgehead atoms. The van der Waals surface area contributed by atoms with E-state index in [2.05, 4.69) is 35.1 Å². The average Bonchev–Trinajstić information content (AvgIpc) is 3.92. The molecule has 5 aliphatic rings. The van der Waals surface area contributed by atoms with Gasteiger partial charge < -0.3 is 30.9 Å². The van der Waals surface area contributed by atoms with E-state index in [1.54, 1.807) is 11.8 Å². The molecule has 14 heteroatoms. The van der Waals surface area contributed by atoms with Crippen LogP contribution in [-0.2, 0) is 33.8 Å². The molecule has 3 aliphatic carbocycles. The second kappa shape index (κ2) is 15.2. The third kappa shape index (κ3) is 8.63. The fraction of sp³-hybridized carbons (Fsp3) is 0.868. The third-order valence-corrected chi connectivity index (χ3v) is 15.6. The van der Waals surface area contributed by atoms with Crippen LogP contribution in [0.3, 0.4) is 0 Å². The Morgan fingerprint density at radius 3 is 2.13 bits per heavy atom. The van der Waals surface area contributed by atoms with E-state index in [0.29, 0.717) is 58.3 Å². The van der Waals surface area contributed by atoms with Crippen LogP contribution in [0.4, 0.5) is 4.79 Å². The minimum absolute atomic E-state index is 0.00152. The molecule has 3 saturated carbocycles. The number of sulfone groups is 1. The number of ether oxygens (including phenoxy) is 1. The van der Waals surface area contributed by atoms with Crippen molar-refractivity contribution in [2.75, 3.05) is 25.5 Å². The lowest BCUT2D eigenvalue weighted by atomic mass is 9.83. The smallest absolute Gasteiger partial charge is 0.315 e. The molecule has 0 spiro atoms. The molecular formula is C38H63N5O8S. The first-order valence-corrected chi connectivity index (χ1v) is 21.2. The van der Waals surface area contributed by atoms with Crippen LogP contribution in [0.5, 0.6) is 0 Å². The van der Waals surface area contributed by atoms with Crippen LogP contribution < -0.4 is 21.3 Å². The van der Waals surface area contributed by atoms with Gasteiger partial charge in [0.05, 0.1) is 22.1 Å². The molecule has 294 valence electrons. The van der Waals surface area contributed by atoms with E-state index in [4.69, 9.17) is 4.74 Å². The standard InChI is InChI=1S/C38H63N5O8S/c1-8-9-13-26(29(44)32(46)39-24-14-15-24)40-31(45)28-27-25(36(27,5)6)22-43(28)33(47)30(35(2,3)4)41-34(48)42-38(16-11-10-12-17-38)23-52(49,50)37(7)18-20-51-21-19-37/h24-28,30H,8-23H2,1-7H3,(H,39,46)(H,40,45)(H2,41,42,48)/t25-,26?,27-,28-,30?/m0/s1. The molecule has 0 aromatic carbocycles. The van der Waals surface area contributed by atoms with Gasteiger partial charge in [-0.1, -0.05) is 73.6 Å². The van der Waals surface area contributed by atoms with E-state index in [9.17, 15) is 32.4 Å². The quantitative estimate of drug-likeness (QED) is 0.195. The zero-order valence-corrected chi connectivity index (χ0v) is 33.2. The van der Waals surface area contributed by atoms with Crippen molar-refractivity contribution in [2.24, 2.45) is 22.7 Å². The molecule has 0 radical (unpaired) electrons. The van der Waals surface area contributed by atoms with E-state index < -0.39 is 73.2 Å². The average molecular weight is 750 g/mol. The fourth-order valence-corrected chi connectivity index (χ4v) is 11.0. The number of nitrogens with zero attached hydrogens (tertiary/aromatic N) is 1. The summed E-state index contributed by atoms with van der Waals surface area (Å²) < 4.78 is 32.3. The first-order chi connectivity index (χ1) is 24.3.